The van der Waals surface area contributed by atoms with Crippen LogP contribution in [0, 0.1) is 6.92 Å². The summed E-state index contributed by atoms with van der Waals surface area (Å²) in [4.78, 5) is 15.7. The third-order valence-corrected chi connectivity index (χ3v) is 3.29. The number of nitrogens with zero attached hydrogens (tertiary/aromatic N) is 1. The number of hydrogen-bond donors (Lipinski definition) is 1. The van der Waals surface area contributed by atoms with Gasteiger partial charge in [-0.3, -0.25) is 0 Å². The average Bonchev–Trinajstić information content (AvgIpc) is 2.42. The third kappa shape index (κ3) is 2.91. The van der Waals surface area contributed by atoms with E-state index in [9.17, 15) is 4.79 Å². The number of nitrogens with two attached hydrogens (primary N) is 1. The Kier molecular flexibility index (Phi) is 4.24. The zero-order chi connectivity index (χ0) is 14.7. The molecule has 6 heteroatoms. The minimum Gasteiger partial charge on any atom is -0.465 e. The summed E-state index contributed by atoms with van der Waals surface area (Å²) in [5.41, 5.74) is 7.28. The first-order valence-corrected chi connectivity index (χ1v) is 6.60. The van der Waals surface area contributed by atoms with Gasteiger partial charge in [-0.1, -0.05) is 6.07 Å². The van der Waals surface area contributed by atoms with Crippen LogP contribution in [0.15, 0.2) is 34.8 Å². The largest absolute Gasteiger partial charge is 0.465 e. The number of pyridine rings is 1. The molecule has 0 amide bonds. The summed E-state index contributed by atoms with van der Waals surface area (Å²) in [6.45, 7) is 1.71. The molecular weight excluding hydrogens is 324 g/mol. The molecule has 20 heavy (non-hydrogen) atoms. The number of esters is 1. The number of hydrogen-bond acceptors (Lipinski definition) is 5. The van der Waals surface area contributed by atoms with Crippen LogP contribution in [0.4, 0.5) is 5.69 Å². The number of aromatic nitrogens is 1. The molecule has 0 radical (unpaired) electrons. The second-order valence-corrected chi connectivity index (χ2v) is 4.89. The fourth-order valence-corrected chi connectivity index (χ4v) is 2.12. The number of para-hydroxylation sites is 1. The maximum Gasteiger partial charge on any atom is 0.339 e. The second kappa shape index (κ2) is 5.92. The first kappa shape index (κ1) is 14.3. The quantitative estimate of drug-likeness (QED) is 0.687. The first-order chi connectivity index (χ1) is 9.52. The summed E-state index contributed by atoms with van der Waals surface area (Å²) in [5.74, 6) is 0.418. The molecular formula is C14H13BrN2O3. The maximum absolute atomic E-state index is 11.5. The number of rotatable bonds is 3. The van der Waals surface area contributed by atoms with Crippen molar-refractivity contribution in [3.05, 3.63) is 46.1 Å². The zero-order valence-corrected chi connectivity index (χ0v) is 12.6. The Balaban J connectivity index is 2.32. The van der Waals surface area contributed by atoms with Crippen LogP contribution < -0.4 is 10.5 Å². The van der Waals surface area contributed by atoms with Crippen molar-refractivity contribution >= 4 is 27.6 Å². The van der Waals surface area contributed by atoms with E-state index < -0.39 is 5.97 Å². The van der Waals surface area contributed by atoms with E-state index in [1.54, 1.807) is 25.1 Å². The normalized spacial score (nSPS) is 10.2. The van der Waals surface area contributed by atoms with Crippen molar-refractivity contribution < 1.29 is 14.3 Å². The lowest BCUT2D eigenvalue weighted by molar-refractivity contribution is 0.0599. The Labute approximate surface area is 124 Å². The van der Waals surface area contributed by atoms with E-state index in [-0.39, 0.29) is 0 Å². The van der Waals surface area contributed by atoms with Gasteiger partial charge in [0.25, 0.3) is 0 Å². The monoisotopic (exact) mass is 336 g/mol. The number of ether oxygens (including phenoxy) is 2. The molecule has 104 valence electrons. The highest BCUT2D eigenvalue weighted by atomic mass is 79.9. The number of benzene rings is 1. The standard InChI is InChI=1S/C14H13BrN2O3/c1-8-9(14(18)19-2)6-7-12(17-8)20-13-10(15)4-3-5-11(13)16/h3-7H,16H2,1-2H3. The van der Waals surface area contributed by atoms with E-state index >= 15 is 0 Å². The van der Waals surface area contributed by atoms with Gasteiger partial charge in [0.05, 0.1) is 28.5 Å². The molecule has 0 atom stereocenters. The van der Waals surface area contributed by atoms with Gasteiger partial charge in [-0.15, -0.1) is 0 Å². The minimum atomic E-state index is -0.429. The number of methoxy groups -OCH3 is 1. The van der Waals surface area contributed by atoms with Crippen molar-refractivity contribution in [1.29, 1.82) is 0 Å². The number of carbonyl (C=O) groups excluding carboxylic acids is 1. The number of anilines is 1. The van der Waals surface area contributed by atoms with Crippen LogP contribution in [-0.2, 0) is 4.74 Å². The topological polar surface area (TPSA) is 74.4 Å². The average molecular weight is 337 g/mol. The fourth-order valence-electron chi connectivity index (χ4n) is 1.66. The highest BCUT2D eigenvalue weighted by molar-refractivity contribution is 9.10. The van der Waals surface area contributed by atoms with Gasteiger partial charge >= 0.3 is 5.97 Å². The molecule has 0 aliphatic rings. The van der Waals surface area contributed by atoms with Crippen LogP contribution in [0.3, 0.4) is 0 Å². The van der Waals surface area contributed by atoms with Gasteiger partial charge in [-0.05, 0) is 41.1 Å². The summed E-state index contributed by atoms with van der Waals surface area (Å²) in [6.07, 6.45) is 0. The van der Waals surface area contributed by atoms with Gasteiger partial charge < -0.3 is 15.2 Å². The van der Waals surface area contributed by atoms with E-state index in [0.717, 1.165) is 4.47 Å². The van der Waals surface area contributed by atoms with Gasteiger partial charge in [0.15, 0.2) is 5.75 Å². The van der Waals surface area contributed by atoms with E-state index in [1.807, 2.05) is 12.1 Å². The number of nitrogen functional groups attached to an aromatic ring is 1. The molecule has 0 spiro atoms. The van der Waals surface area contributed by atoms with Gasteiger partial charge in [0.1, 0.15) is 0 Å². The molecule has 0 fully saturated rings. The summed E-state index contributed by atoms with van der Waals surface area (Å²) < 4.78 is 11.1. The molecule has 2 N–H and O–H groups in total. The highest BCUT2D eigenvalue weighted by Gasteiger charge is 2.13. The molecule has 1 aromatic heterocycles. The van der Waals surface area contributed by atoms with Crippen molar-refractivity contribution in [2.45, 2.75) is 6.92 Å². The molecule has 5 nitrogen and oxygen atoms in total. The molecule has 0 bridgehead atoms. The molecule has 0 unspecified atom stereocenters. The summed E-state index contributed by atoms with van der Waals surface area (Å²) in [5, 5.41) is 0. The second-order valence-electron chi connectivity index (χ2n) is 4.03. The van der Waals surface area contributed by atoms with Crippen molar-refractivity contribution in [1.82, 2.24) is 4.98 Å². The van der Waals surface area contributed by atoms with E-state index in [2.05, 4.69) is 25.7 Å². The summed E-state index contributed by atoms with van der Waals surface area (Å²) in [7, 11) is 1.33. The fraction of sp³-hybridized carbons (Fsp3) is 0.143. The Bertz CT molecular complexity index is 639. The van der Waals surface area contributed by atoms with Gasteiger partial charge in [0.2, 0.25) is 5.88 Å². The number of halogens is 1. The van der Waals surface area contributed by atoms with Gasteiger partial charge in [-0.2, -0.15) is 0 Å². The van der Waals surface area contributed by atoms with Crippen LogP contribution in [0.25, 0.3) is 0 Å². The first-order valence-electron chi connectivity index (χ1n) is 5.80. The van der Waals surface area contributed by atoms with Gasteiger partial charge in [-0.25, -0.2) is 9.78 Å². The van der Waals surface area contributed by atoms with Crippen molar-refractivity contribution in [2.24, 2.45) is 0 Å². The zero-order valence-electron chi connectivity index (χ0n) is 11.0. The van der Waals surface area contributed by atoms with Crippen LogP contribution in [0.5, 0.6) is 11.6 Å². The van der Waals surface area contributed by atoms with Crippen molar-refractivity contribution in [2.75, 3.05) is 12.8 Å². The smallest absolute Gasteiger partial charge is 0.339 e. The van der Waals surface area contributed by atoms with Crippen LogP contribution in [0.2, 0.25) is 0 Å². The highest BCUT2D eigenvalue weighted by Crippen LogP contribution is 2.34. The molecule has 2 aromatic rings. The predicted molar refractivity (Wildman–Crippen MR) is 78.9 cm³/mol. The van der Waals surface area contributed by atoms with Crippen LogP contribution in [0.1, 0.15) is 16.1 Å². The lowest BCUT2D eigenvalue weighted by Gasteiger charge is -2.11. The lowest BCUT2D eigenvalue weighted by atomic mass is 10.2. The third-order valence-electron chi connectivity index (χ3n) is 2.67. The Morgan fingerprint density at radius 1 is 1.30 bits per heavy atom. The lowest BCUT2D eigenvalue weighted by Crippen LogP contribution is -2.05. The number of aryl methyl sites for hydroxylation is 1. The van der Waals surface area contributed by atoms with Crippen LogP contribution >= 0.6 is 15.9 Å². The van der Waals surface area contributed by atoms with E-state index in [1.165, 1.54) is 7.11 Å². The molecule has 0 saturated carbocycles. The molecule has 2 rings (SSSR count). The van der Waals surface area contributed by atoms with Crippen molar-refractivity contribution in [3.8, 4) is 11.6 Å². The molecule has 1 heterocycles. The predicted octanol–water partition coefficient (Wildman–Crippen LogP) is 3.31. The Morgan fingerprint density at radius 3 is 2.65 bits per heavy atom. The number of carbonyl (C=O) groups is 1. The SMILES string of the molecule is COC(=O)c1ccc(Oc2c(N)cccc2Br)nc1C. The molecule has 0 aliphatic carbocycles. The Hall–Kier alpha value is -2.08. The Morgan fingerprint density at radius 2 is 2.05 bits per heavy atom. The molecule has 0 saturated heterocycles. The molecule has 0 aliphatic heterocycles. The minimum absolute atomic E-state index is 0.355. The van der Waals surface area contributed by atoms with Gasteiger partial charge in [0, 0.05) is 6.07 Å². The van der Waals surface area contributed by atoms with Crippen molar-refractivity contribution in [3.63, 3.8) is 0 Å². The van der Waals surface area contributed by atoms with Crippen LogP contribution in [-0.4, -0.2) is 18.1 Å². The summed E-state index contributed by atoms with van der Waals surface area (Å²) >= 11 is 3.37. The van der Waals surface area contributed by atoms with E-state index in [0.29, 0.717) is 28.6 Å². The van der Waals surface area contributed by atoms with E-state index in [4.69, 9.17) is 10.5 Å². The molecule has 1 aromatic carbocycles. The summed E-state index contributed by atoms with van der Waals surface area (Å²) in [6, 6.07) is 8.57. The maximum atomic E-state index is 11.5.